The second kappa shape index (κ2) is 8.85. The highest BCUT2D eigenvalue weighted by Crippen LogP contribution is 2.55. The van der Waals surface area contributed by atoms with Crippen LogP contribution in [0, 0.1) is 23.2 Å². The lowest BCUT2D eigenvalue weighted by Gasteiger charge is -2.42. The molecule has 0 bridgehead atoms. The van der Waals surface area contributed by atoms with Gasteiger partial charge in [-0.3, -0.25) is 14.4 Å². The second-order valence-corrected chi connectivity index (χ2v) is 9.72. The zero-order valence-corrected chi connectivity index (χ0v) is 18.9. The number of hydrogen-bond acceptors (Lipinski definition) is 5. The number of ketones is 1. The molecule has 0 amide bonds. The van der Waals surface area contributed by atoms with E-state index < -0.39 is 5.60 Å². The van der Waals surface area contributed by atoms with Gasteiger partial charge in [0.15, 0.2) is 5.78 Å². The SMILES string of the molecule is CC(=O)O[C@H]1C/C(C)=C/C(=O)C[C@@H](C)/C=C/[C@@]2(C)CC[C@@H](C(C)(C)OC(C)=O)[C@H]12. The number of ether oxygens (including phenoxy) is 2. The van der Waals surface area contributed by atoms with Crippen molar-refractivity contribution >= 4 is 17.7 Å². The summed E-state index contributed by atoms with van der Waals surface area (Å²) in [6.07, 6.45) is 8.37. The Hall–Kier alpha value is -1.91. The summed E-state index contributed by atoms with van der Waals surface area (Å²) >= 11 is 0. The van der Waals surface area contributed by atoms with Gasteiger partial charge in [0.05, 0.1) is 0 Å². The largest absolute Gasteiger partial charge is 0.462 e. The molecule has 0 unspecified atom stereocenters. The van der Waals surface area contributed by atoms with Crippen LogP contribution >= 0.6 is 0 Å². The first-order chi connectivity index (χ1) is 13.3. The van der Waals surface area contributed by atoms with E-state index in [4.69, 9.17) is 9.47 Å². The van der Waals surface area contributed by atoms with Gasteiger partial charge in [-0.1, -0.05) is 31.6 Å². The lowest BCUT2D eigenvalue weighted by molar-refractivity contribution is -0.168. The maximum atomic E-state index is 12.4. The van der Waals surface area contributed by atoms with Gasteiger partial charge in [0.2, 0.25) is 0 Å². The summed E-state index contributed by atoms with van der Waals surface area (Å²) in [6.45, 7) is 12.9. The van der Waals surface area contributed by atoms with Gasteiger partial charge in [0, 0.05) is 38.5 Å². The Bertz CT molecular complexity index is 717. The molecule has 0 aromatic rings. The molecule has 0 saturated heterocycles. The van der Waals surface area contributed by atoms with Gasteiger partial charge in [0.25, 0.3) is 0 Å². The lowest BCUT2D eigenvalue weighted by Crippen LogP contribution is -2.46. The van der Waals surface area contributed by atoms with Crippen LogP contribution in [0.4, 0.5) is 0 Å². The highest BCUT2D eigenvalue weighted by molar-refractivity contribution is 5.90. The van der Waals surface area contributed by atoms with E-state index in [0.717, 1.165) is 18.4 Å². The highest BCUT2D eigenvalue weighted by Gasteiger charge is 2.54. The fraction of sp³-hybridized carbons (Fsp3) is 0.708. The van der Waals surface area contributed by atoms with Crippen molar-refractivity contribution in [2.45, 2.75) is 85.9 Å². The molecule has 0 N–H and O–H groups in total. The number of rotatable bonds is 3. The van der Waals surface area contributed by atoms with E-state index in [1.54, 1.807) is 6.08 Å². The summed E-state index contributed by atoms with van der Waals surface area (Å²) in [5, 5.41) is 0. The molecule has 0 aliphatic heterocycles. The van der Waals surface area contributed by atoms with Gasteiger partial charge < -0.3 is 9.47 Å². The molecule has 5 heteroatoms. The summed E-state index contributed by atoms with van der Waals surface area (Å²) in [6, 6.07) is 0. The van der Waals surface area contributed by atoms with E-state index in [9.17, 15) is 14.4 Å². The third kappa shape index (κ3) is 5.80. The average molecular weight is 405 g/mol. The van der Waals surface area contributed by atoms with Crippen molar-refractivity contribution < 1.29 is 23.9 Å². The lowest BCUT2D eigenvalue weighted by atomic mass is 9.68. The maximum absolute atomic E-state index is 12.4. The molecule has 5 atom stereocenters. The minimum absolute atomic E-state index is 0.0271. The molecule has 2 rings (SSSR count). The van der Waals surface area contributed by atoms with Gasteiger partial charge >= 0.3 is 11.9 Å². The molecule has 0 spiro atoms. The number of allylic oxidation sites excluding steroid dienone is 3. The number of hydrogen-bond donors (Lipinski definition) is 0. The van der Waals surface area contributed by atoms with Crippen LogP contribution in [-0.4, -0.2) is 29.4 Å². The normalized spacial score (nSPS) is 36.2. The van der Waals surface area contributed by atoms with Crippen molar-refractivity contribution in [2.24, 2.45) is 23.2 Å². The van der Waals surface area contributed by atoms with E-state index in [1.165, 1.54) is 13.8 Å². The van der Waals surface area contributed by atoms with Crippen LogP contribution in [0.1, 0.15) is 74.1 Å². The molecular formula is C24H36O5. The zero-order chi connectivity index (χ0) is 22.0. The summed E-state index contributed by atoms with van der Waals surface area (Å²) in [7, 11) is 0. The molecule has 0 heterocycles. The molecular weight excluding hydrogens is 368 g/mol. The van der Waals surface area contributed by atoms with Crippen LogP contribution < -0.4 is 0 Å². The first-order valence-electron chi connectivity index (χ1n) is 10.6. The van der Waals surface area contributed by atoms with Crippen LogP contribution in [0.5, 0.6) is 0 Å². The molecule has 0 aromatic carbocycles. The van der Waals surface area contributed by atoms with Crippen LogP contribution in [-0.2, 0) is 23.9 Å². The van der Waals surface area contributed by atoms with Crippen molar-refractivity contribution in [3.63, 3.8) is 0 Å². The van der Waals surface area contributed by atoms with Crippen molar-refractivity contribution in [1.29, 1.82) is 0 Å². The molecule has 1 saturated carbocycles. The Labute approximate surface area is 174 Å². The number of carbonyl (C=O) groups is 3. The van der Waals surface area contributed by atoms with Gasteiger partial charge in [-0.05, 0) is 51.0 Å². The Morgan fingerprint density at radius 3 is 2.41 bits per heavy atom. The molecule has 1 fully saturated rings. The third-order valence-electron chi connectivity index (χ3n) is 6.47. The van der Waals surface area contributed by atoms with Crippen LogP contribution in [0.2, 0.25) is 0 Å². The van der Waals surface area contributed by atoms with Crippen molar-refractivity contribution in [3.8, 4) is 0 Å². The zero-order valence-electron chi connectivity index (χ0n) is 18.9. The summed E-state index contributed by atoms with van der Waals surface area (Å²) in [4.78, 5) is 36.1. The highest BCUT2D eigenvalue weighted by atomic mass is 16.6. The Kier molecular flexibility index (Phi) is 7.13. The van der Waals surface area contributed by atoms with E-state index in [2.05, 4.69) is 19.1 Å². The number of carbonyl (C=O) groups excluding carboxylic acids is 3. The standard InChI is InChI=1S/C24H36O5/c1-15-8-10-24(7)11-9-20(23(5,6)29-18(4)26)22(24)21(28-17(3)25)14-16(2)13-19(27)12-15/h8,10,13,15,20-22H,9,11-12,14H2,1-7H3/b10-8+,16-13+/t15-,20+,21-,22+,24-/m0/s1. The smallest absolute Gasteiger partial charge is 0.303 e. The molecule has 2 aliphatic carbocycles. The summed E-state index contributed by atoms with van der Waals surface area (Å²) in [5.74, 6) is -0.412. The van der Waals surface area contributed by atoms with Gasteiger partial charge in [0.1, 0.15) is 11.7 Å². The fourth-order valence-electron chi connectivity index (χ4n) is 5.31. The van der Waals surface area contributed by atoms with E-state index in [0.29, 0.717) is 12.8 Å². The topological polar surface area (TPSA) is 69.7 Å². The predicted molar refractivity (Wildman–Crippen MR) is 112 cm³/mol. The number of esters is 2. The summed E-state index contributed by atoms with van der Waals surface area (Å²) < 4.78 is 11.6. The molecule has 0 radical (unpaired) electrons. The van der Waals surface area contributed by atoms with Crippen molar-refractivity contribution in [3.05, 3.63) is 23.8 Å². The Morgan fingerprint density at radius 1 is 1.17 bits per heavy atom. The average Bonchev–Trinajstić information content (AvgIpc) is 2.88. The molecule has 29 heavy (non-hydrogen) atoms. The Morgan fingerprint density at radius 2 is 1.83 bits per heavy atom. The monoisotopic (exact) mass is 404 g/mol. The Balaban J connectivity index is 2.56. The van der Waals surface area contributed by atoms with E-state index >= 15 is 0 Å². The van der Waals surface area contributed by atoms with Crippen LogP contribution in [0.15, 0.2) is 23.8 Å². The first kappa shape index (κ1) is 23.4. The van der Waals surface area contributed by atoms with Crippen molar-refractivity contribution in [1.82, 2.24) is 0 Å². The fourth-order valence-corrected chi connectivity index (χ4v) is 5.31. The van der Waals surface area contributed by atoms with Gasteiger partial charge in [-0.25, -0.2) is 0 Å². The van der Waals surface area contributed by atoms with E-state index in [-0.39, 0.29) is 47.0 Å². The molecule has 2 aliphatic rings. The van der Waals surface area contributed by atoms with Gasteiger partial charge in [-0.15, -0.1) is 0 Å². The minimum atomic E-state index is -0.681. The molecule has 5 nitrogen and oxygen atoms in total. The summed E-state index contributed by atoms with van der Waals surface area (Å²) in [5.41, 5.74) is 0.0118. The van der Waals surface area contributed by atoms with Gasteiger partial charge in [-0.2, -0.15) is 0 Å². The molecule has 0 aromatic heterocycles. The molecule has 162 valence electrons. The maximum Gasteiger partial charge on any atom is 0.303 e. The van der Waals surface area contributed by atoms with E-state index in [1.807, 2.05) is 27.7 Å². The third-order valence-corrected chi connectivity index (χ3v) is 6.47. The second-order valence-electron chi connectivity index (χ2n) is 9.72. The minimum Gasteiger partial charge on any atom is -0.462 e. The quantitative estimate of drug-likeness (QED) is 0.499. The number of fused-ring (bicyclic) bond motifs is 1. The predicted octanol–water partition coefficient (Wildman–Crippen LogP) is 4.79. The van der Waals surface area contributed by atoms with Crippen LogP contribution in [0.25, 0.3) is 0 Å². The van der Waals surface area contributed by atoms with Crippen molar-refractivity contribution in [2.75, 3.05) is 0 Å². The first-order valence-corrected chi connectivity index (χ1v) is 10.6. The van der Waals surface area contributed by atoms with Crippen LogP contribution in [0.3, 0.4) is 0 Å².